The number of carbonyl (C=O) groups excluding carboxylic acids is 1. The van der Waals surface area contributed by atoms with Crippen LogP contribution in [0.4, 0.5) is 11.4 Å². The van der Waals surface area contributed by atoms with E-state index in [0.29, 0.717) is 18.1 Å². The summed E-state index contributed by atoms with van der Waals surface area (Å²) in [5.41, 5.74) is 0.765. The van der Waals surface area contributed by atoms with E-state index in [2.05, 4.69) is 12.2 Å². The van der Waals surface area contributed by atoms with Crippen LogP contribution in [0.25, 0.3) is 6.08 Å². The van der Waals surface area contributed by atoms with Crippen LogP contribution in [-0.2, 0) is 4.79 Å². The van der Waals surface area contributed by atoms with Gasteiger partial charge in [0.1, 0.15) is 5.02 Å². The highest BCUT2D eigenvalue weighted by Gasteiger charge is 2.13. The zero-order chi connectivity index (χ0) is 21.9. The highest BCUT2D eigenvalue weighted by molar-refractivity contribution is 6.32. The van der Waals surface area contributed by atoms with Crippen molar-refractivity contribution < 1.29 is 19.2 Å². The molecule has 0 aromatic heterocycles. The van der Waals surface area contributed by atoms with Crippen LogP contribution >= 0.6 is 11.6 Å². The number of halogens is 1. The quantitative estimate of drug-likeness (QED) is 0.207. The SMILES string of the molecule is CCCCCCOc1ccc(/C=C/C(=O)Nc2ccc(Cl)c([N+](=O)[O-])c2)cc1OC. The Kier molecular flexibility index (Phi) is 9.15. The summed E-state index contributed by atoms with van der Waals surface area (Å²) in [6.45, 7) is 2.79. The Balaban J connectivity index is 1.99. The first-order valence-corrected chi connectivity index (χ1v) is 10.1. The minimum atomic E-state index is -0.604. The minimum absolute atomic E-state index is 0.00769. The average Bonchev–Trinajstić information content (AvgIpc) is 2.73. The van der Waals surface area contributed by atoms with E-state index >= 15 is 0 Å². The molecule has 0 bridgehead atoms. The number of nitrogens with one attached hydrogen (secondary N) is 1. The van der Waals surface area contributed by atoms with Crippen molar-refractivity contribution in [1.29, 1.82) is 0 Å². The van der Waals surface area contributed by atoms with Gasteiger partial charge in [0.15, 0.2) is 11.5 Å². The third-order valence-electron chi connectivity index (χ3n) is 4.28. The standard InChI is InChI=1S/C22H25ClN2O5/c1-3-4-5-6-13-30-20-11-7-16(14-21(20)29-2)8-12-22(26)24-17-9-10-18(23)19(15-17)25(27)28/h7-12,14-15H,3-6,13H2,1-2H3,(H,24,26)/b12-8+. The number of nitrogens with zero attached hydrogens (tertiary/aromatic N) is 1. The number of nitro groups is 1. The van der Waals surface area contributed by atoms with Crippen LogP contribution in [0.3, 0.4) is 0 Å². The Labute approximate surface area is 180 Å². The molecule has 2 aromatic rings. The van der Waals surface area contributed by atoms with Gasteiger partial charge in [0, 0.05) is 17.8 Å². The molecule has 0 atom stereocenters. The molecule has 1 N–H and O–H groups in total. The van der Waals surface area contributed by atoms with Gasteiger partial charge in [-0.2, -0.15) is 0 Å². The summed E-state index contributed by atoms with van der Waals surface area (Å²) < 4.78 is 11.2. The van der Waals surface area contributed by atoms with Crippen LogP contribution in [0.2, 0.25) is 5.02 Å². The summed E-state index contributed by atoms with van der Waals surface area (Å²) in [6, 6.07) is 9.48. The zero-order valence-electron chi connectivity index (χ0n) is 17.0. The fraction of sp³-hybridized carbons (Fsp3) is 0.318. The summed E-state index contributed by atoms with van der Waals surface area (Å²) in [5.74, 6) is 0.812. The molecule has 30 heavy (non-hydrogen) atoms. The molecular weight excluding hydrogens is 408 g/mol. The topological polar surface area (TPSA) is 90.7 Å². The van der Waals surface area contributed by atoms with Gasteiger partial charge in [-0.05, 0) is 42.3 Å². The summed E-state index contributed by atoms with van der Waals surface area (Å²) in [7, 11) is 1.56. The maximum atomic E-state index is 12.1. The molecule has 0 saturated carbocycles. The summed E-state index contributed by atoms with van der Waals surface area (Å²) in [6.07, 6.45) is 7.43. The van der Waals surface area contributed by atoms with E-state index in [1.54, 1.807) is 25.3 Å². The Hall–Kier alpha value is -3.06. The van der Waals surface area contributed by atoms with Crippen molar-refractivity contribution in [3.05, 3.63) is 63.2 Å². The normalized spacial score (nSPS) is 10.8. The molecule has 0 aliphatic carbocycles. The van der Waals surface area contributed by atoms with Crippen molar-refractivity contribution in [1.82, 2.24) is 0 Å². The van der Waals surface area contributed by atoms with Gasteiger partial charge in [-0.1, -0.05) is 43.9 Å². The highest BCUT2D eigenvalue weighted by Crippen LogP contribution is 2.29. The molecule has 160 valence electrons. The summed E-state index contributed by atoms with van der Waals surface area (Å²) >= 11 is 5.77. The number of anilines is 1. The number of unbranched alkanes of at least 4 members (excludes halogenated alkanes) is 3. The molecule has 7 nitrogen and oxygen atoms in total. The van der Waals surface area contributed by atoms with Crippen LogP contribution < -0.4 is 14.8 Å². The van der Waals surface area contributed by atoms with Crippen molar-refractivity contribution in [2.75, 3.05) is 19.0 Å². The molecule has 1 amide bonds. The van der Waals surface area contributed by atoms with Gasteiger partial charge in [-0.3, -0.25) is 14.9 Å². The number of amides is 1. The number of nitro benzene ring substituents is 1. The average molecular weight is 433 g/mol. The molecular formula is C22H25ClN2O5. The number of benzene rings is 2. The lowest BCUT2D eigenvalue weighted by Crippen LogP contribution is -2.08. The van der Waals surface area contributed by atoms with E-state index in [0.717, 1.165) is 18.4 Å². The molecule has 0 saturated heterocycles. The first kappa shape index (κ1) is 23.2. The largest absolute Gasteiger partial charge is 0.493 e. The lowest BCUT2D eigenvalue weighted by Gasteiger charge is -2.11. The zero-order valence-corrected chi connectivity index (χ0v) is 17.8. The fourth-order valence-corrected chi connectivity index (χ4v) is 2.89. The van der Waals surface area contributed by atoms with E-state index in [-0.39, 0.29) is 16.4 Å². The lowest BCUT2D eigenvalue weighted by atomic mass is 10.2. The van der Waals surface area contributed by atoms with Crippen molar-refractivity contribution in [3.63, 3.8) is 0 Å². The Morgan fingerprint density at radius 2 is 1.97 bits per heavy atom. The molecule has 0 aliphatic heterocycles. The number of carbonyl (C=O) groups is 1. The van der Waals surface area contributed by atoms with Gasteiger partial charge in [0.05, 0.1) is 18.6 Å². The Bertz CT molecular complexity index is 914. The van der Waals surface area contributed by atoms with E-state index in [1.807, 2.05) is 6.07 Å². The van der Waals surface area contributed by atoms with Crippen LogP contribution in [0.5, 0.6) is 11.5 Å². The van der Waals surface area contributed by atoms with Gasteiger partial charge < -0.3 is 14.8 Å². The van der Waals surface area contributed by atoms with Crippen LogP contribution in [0.1, 0.15) is 38.2 Å². The van der Waals surface area contributed by atoms with Crippen LogP contribution in [0, 0.1) is 10.1 Å². The Morgan fingerprint density at radius 1 is 1.17 bits per heavy atom. The smallest absolute Gasteiger partial charge is 0.289 e. The number of hydrogen-bond acceptors (Lipinski definition) is 5. The van der Waals surface area contributed by atoms with Gasteiger partial charge in [0.25, 0.3) is 5.69 Å². The van der Waals surface area contributed by atoms with Gasteiger partial charge in [0.2, 0.25) is 5.91 Å². The maximum absolute atomic E-state index is 12.1. The first-order valence-electron chi connectivity index (χ1n) is 9.68. The highest BCUT2D eigenvalue weighted by atomic mass is 35.5. The molecule has 0 radical (unpaired) electrons. The summed E-state index contributed by atoms with van der Waals surface area (Å²) in [4.78, 5) is 22.5. The molecule has 0 fully saturated rings. The fourth-order valence-electron chi connectivity index (χ4n) is 2.70. The van der Waals surface area contributed by atoms with Crippen LogP contribution in [-0.4, -0.2) is 24.5 Å². The van der Waals surface area contributed by atoms with Gasteiger partial charge in [-0.25, -0.2) is 0 Å². The second-order valence-corrected chi connectivity index (χ2v) is 6.97. The second-order valence-electron chi connectivity index (χ2n) is 6.57. The number of hydrogen-bond donors (Lipinski definition) is 1. The third-order valence-corrected chi connectivity index (χ3v) is 4.60. The third kappa shape index (κ3) is 7.08. The molecule has 0 spiro atoms. The van der Waals surface area contributed by atoms with Crippen LogP contribution in [0.15, 0.2) is 42.5 Å². The predicted octanol–water partition coefficient (Wildman–Crippen LogP) is 5.87. The monoisotopic (exact) mass is 432 g/mol. The molecule has 0 unspecified atom stereocenters. The Morgan fingerprint density at radius 3 is 2.67 bits per heavy atom. The van der Waals surface area contributed by atoms with Gasteiger partial charge in [-0.15, -0.1) is 0 Å². The van der Waals surface area contributed by atoms with E-state index in [4.69, 9.17) is 21.1 Å². The molecule has 0 heterocycles. The minimum Gasteiger partial charge on any atom is -0.493 e. The predicted molar refractivity (Wildman–Crippen MR) is 118 cm³/mol. The number of ether oxygens (including phenoxy) is 2. The van der Waals surface area contributed by atoms with Crippen molar-refractivity contribution in [2.45, 2.75) is 32.6 Å². The second kappa shape index (κ2) is 11.8. The van der Waals surface area contributed by atoms with E-state index < -0.39 is 10.8 Å². The van der Waals surface area contributed by atoms with Crippen molar-refractivity contribution in [2.24, 2.45) is 0 Å². The van der Waals surface area contributed by atoms with Crippen molar-refractivity contribution in [3.8, 4) is 11.5 Å². The van der Waals surface area contributed by atoms with Crippen molar-refractivity contribution >= 4 is 35.0 Å². The molecule has 8 heteroatoms. The summed E-state index contributed by atoms with van der Waals surface area (Å²) in [5, 5.41) is 13.5. The van der Waals surface area contributed by atoms with E-state index in [9.17, 15) is 14.9 Å². The molecule has 2 aromatic carbocycles. The number of rotatable bonds is 11. The first-order chi connectivity index (χ1) is 14.4. The maximum Gasteiger partial charge on any atom is 0.289 e. The molecule has 2 rings (SSSR count). The lowest BCUT2D eigenvalue weighted by molar-refractivity contribution is -0.384. The van der Waals surface area contributed by atoms with E-state index in [1.165, 1.54) is 37.1 Å². The number of methoxy groups -OCH3 is 1. The van der Waals surface area contributed by atoms with Gasteiger partial charge >= 0.3 is 0 Å². The molecule has 0 aliphatic rings.